The van der Waals surface area contributed by atoms with Gasteiger partial charge in [-0.1, -0.05) is 13.8 Å². The van der Waals surface area contributed by atoms with E-state index in [1.165, 1.54) is 18.7 Å². The Morgan fingerprint density at radius 2 is 1.77 bits per heavy atom. The summed E-state index contributed by atoms with van der Waals surface area (Å²) in [6.07, 6.45) is 0. The molecule has 0 fully saturated rings. The van der Waals surface area contributed by atoms with Crippen LogP contribution in [0.25, 0.3) is 0 Å². The third kappa shape index (κ3) is 3.96. The van der Waals surface area contributed by atoms with E-state index in [1.807, 2.05) is 13.8 Å². The van der Waals surface area contributed by atoms with Gasteiger partial charge in [-0.3, -0.25) is 0 Å². The highest BCUT2D eigenvalue weighted by Gasteiger charge is 2.03. The van der Waals surface area contributed by atoms with Crippen molar-refractivity contribution < 1.29 is 19.1 Å². The number of hydrogen-bond acceptors (Lipinski definition) is 1. The Labute approximate surface area is 76.5 Å². The molecule has 0 aliphatic heterocycles. The Balaban J connectivity index is 0.000000671. The van der Waals surface area contributed by atoms with Gasteiger partial charge in [0.25, 0.3) is 0 Å². The minimum absolute atomic E-state index is 0.506. The second-order valence-corrected chi connectivity index (χ2v) is 2.03. The predicted molar refractivity (Wildman–Crippen MR) is 46.3 cm³/mol. The van der Waals surface area contributed by atoms with Gasteiger partial charge in [-0.25, -0.2) is 13.6 Å². The molecule has 0 bridgehead atoms. The summed E-state index contributed by atoms with van der Waals surface area (Å²) in [5, 5.41) is 0. The van der Waals surface area contributed by atoms with Gasteiger partial charge in [0, 0.05) is 12.1 Å². The third-order valence-electron chi connectivity index (χ3n) is 1.20. The Kier molecular flexibility index (Phi) is 6.01. The lowest BCUT2D eigenvalue weighted by atomic mass is 10.3. The summed E-state index contributed by atoms with van der Waals surface area (Å²) < 4.78 is 24.8. The van der Waals surface area contributed by atoms with Gasteiger partial charge in [-0.15, -0.1) is 0 Å². The molecule has 1 aromatic rings. The van der Waals surface area contributed by atoms with Crippen LogP contribution in [-0.4, -0.2) is 7.11 Å². The first-order valence-electron chi connectivity index (χ1n) is 4.05. The van der Waals surface area contributed by atoms with Crippen molar-refractivity contribution in [2.75, 3.05) is 7.11 Å². The molecule has 0 radical (unpaired) electrons. The molecule has 0 saturated carbocycles. The maximum absolute atomic E-state index is 12.5. The van der Waals surface area contributed by atoms with Crippen molar-refractivity contribution in [1.82, 2.24) is 0 Å². The third-order valence-corrected chi connectivity index (χ3v) is 1.20. The van der Waals surface area contributed by atoms with E-state index in [2.05, 4.69) is 4.84 Å². The van der Waals surface area contributed by atoms with Crippen LogP contribution < -0.4 is 5.48 Å². The first-order valence-corrected chi connectivity index (χ1v) is 4.05. The molecule has 0 saturated heterocycles. The lowest BCUT2D eigenvalue weighted by Gasteiger charge is -1.95. The van der Waals surface area contributed by atoms with Crippen molar-refractivity contribution in [3.05, 3.63) is 29.8 Å². The number of benzene rings is 1. The van der Waals surface area contributed by atoms with E-state index >= 15 is 0 Å². The molecule has 0 aliphatic carbocycles. The van der Waals surface area contributed by atoms with Gasteiger partial charge in [-0.2, -0.15) is 5.48 Å². The van der Waals surface area contributed by atoms with E-state index in [9.17, 15) is 8.78 Å². The second-order valence-electron chi connectivity index (χ2n) is 2.03. The van der Waals surface area contributed by atoms with Crippen LogP contribution in [0.1, 0.15) is 13.8 Å². The summed E-state index contributed by atoms with van der Waals surface area (Å²) in [7, 11) is 1.45. The standard InChI is InChI=1S/C7H7F2NO.C2H6/c1-11-10-5-2-3-6(8)7(9)4-5;1-2/h2-4,10H,1H3;1-2H3/p+1. The highest BCUT2D eigenvalue weighted by Crippen LogP contribution is 2.08. The molecule has 0 heterocycles. The number of quaternary nitrogens is 1. The van der Waals surface area contributed by atoms with Gasteiger partial charge < -0.3 is 0 Å². The summed E-state index contributed by atoms with van der Waals surface area (Å²) in [4.78, 5) is 4.61. The van der Waals surface area contributed by atoms with Crippen molar-refractivity contribution in [1.29, 1.82) is 0 Å². The van der Waals surface area contributed by atoms with Crippen LogP contribution in [0.5, 0.6) is 0 Å². The fourth-order valence-electron chi connectivity index (χ4n) is 0.722. The van der Waals surface area contributed by atoms with Crippen molar-refractivity contribution in [2.45, 2.75) is 13.8 Å². The minimum Gasteiger partial charge on any atom is -0.204 e. The first-order chi connectivity index (χ1) is 6.24. The smallest absolute Gasteiger partial charge is 0.165 e. The molecule has 0 spiro atoms. The zero-order valence-corrected chi connectivity index (χ0v) is 7.97. The topological polar surface area (TPSA) is 25.8 Å². The van der Waals surface area contributed by atoms with Gasteiger partial charge in [0.15, 0.2) is 17.3 Å². The molecule has 0 aromatic heterocycles. The molecule has 4 heteroatoms. The van der Waals surface area contributed by atoms with Gasteiger partial charge in [0.05, 0.1) is 7.11 Å². The fraction of sp³-hybridized carbons (Fsp3) is 0.333. The molecule has 13 heavy (non-hydrogen) atoms. The molecular formula is C9H14F2NO+. The largest absolute Gasteiger partial charge is 0.204 e. The van der Waals surface area contributed by atoms with Crippen LogP contribution in [0.3, 0.4) is 0 Å². The van der Waals surface area contributed by atoms with Crippen LogP contribution in [0.2, 0.25) is 0 Å². The molecule has 0 unspecified atom stereocenters. The van der Waals surface area contributed by atoms with E-state index in [0.717, 1.165) is 12.1 Å². The minimum atomic E-state index is -0.865. The van der Waals surface area contributed by atoms with Gasteiger partial charge in [-0.05, 0) is 6.07 Å². The quantitative estimate of drug-likeness (QED) is 0.558. The predicted octanol–water partition coefficient (Wildman–Crippen LogP) is 1.75. The van der Waals surface area contributed by atoms with Gasteiger partial charge in [0.2, 0.25) is 0 Å². The van der Waals surface area contributed by atoms with Crippen molar-refractivity contribution >= 4 is 5.69 Å². The number of rotatable bonds is 2. The molecule has 0 atom stereocenters. The lowest BCUT2D eigenvalue weighted by Crippen LogP contribution is -2.75. The van der Waals surface area contributed by atoms with E-state index in [1.54, 1.807) is 0 Å². The highest BCUT2D eigenvalue weighted by molar-refractivity contribution is 5.28. The number of hydrogen-bond donors (Lipinski definition) is 1. The SMILES string of the molecule is CC.CO[NH2+]c1ccc(F)c(F)c1. The Morgan fingerprint density at radius 1 is 1.15 bits per heavy atom. The summed E-state index contributed by atoms with van der Waals surface area (Å²) in [5.41, 5.74) is 1.84. The van der Waals surface area contributed by atoms with Gasteiger partial charge >= 0.3 is 0 Å². The molecule has 2 nitrogen and oxygen atoms in total. The average molecular weight is 190 g/mol. The maximum atomic E-state index is 12.5. The summed E-state index contributed by atoms with van der Waals surface area (Å²) >= 11 is 0. The van der Waals surface area contributed by atoms with Crippen LogP contribution in [-0.2, 0) is 4.84 Å². The van der Waals surface area contributed by atoms with Crippen molar-refractivity contribution in [3.63, 3.8) is 0 Å². The summed E-state index contributed by atoms with van der Waals surface area (Å²) in [5.74, 6) is -1.71. The zero-order valence-electron chi connectivity index (χ0n) is 7.97. The Bertz CT molecular complexity index is 253. The Hall–Kier alpha value is -1.00. The van der Waals surface area contributed by atoms with Crippen LogP contribution >= 0.6 is 0 Å². The van der Waals surface area contributed by atoms with Crippen molar-refractivity contribution in [2.24, 2.45) is 0 Å². The molecule has 0 amide bonds. The van der Waals surface area contributed by atoms with E-state index < -0.39 is 11.6 Å². The van der Waals surface area contributed by atoms with Gasteiger partial charge in [0.1, 0.15) is 0 Å². The molecule has 1 rings (SSSR count). The normalized spacial score (nSPS) is 9.00. The zero-order chi connectivity index (χ0) is 10.3. The number of nitrogens with two attached hydrogens (primary N) is 1. The lowest BCUT2D eigenvalue weighted by molar-refractivity contribution is -0.830. The van der Waals surface area contributed by atoms with Crippen LogP contribution in [0.15, 0.2) is 18.2 Å². The van der Waals surface area contributed by atoms with E-state index in [4.69, 9.17) is 0 Å². The molecular weight excluding hydrogens is 176 g/mol. The molecule has 1 aromatic carbocycles. The van der Waals surface area contributed by atoms with Crippen LogP contribution in [0, 0.1) is 11.6 Å². The fourth-order valence-corrected chi connectivity index (χ4v) is 0.722. The molecule has 0 aliphatic rings. The monoisotopic (exact) mass is 190 g/mol. The summed E-state index contributed by atoms with van der Waals surface area (Å²) in [6, 6.07) is 3.56. The highest BCUT2D eigenvalue weighted by atomic mass is 19.2. The number of halogens is 2. The second kappa shape index (κ2) is 6.51. The van der Waals surface area contributed by atoms with Crippen LogP contribution in [0.4, 0.5) is 14.5 Å². The molecule has 74 valence electrons. The Morgan fingerprint density at radius 3 is 2.23 bits per heavy atom. The first kappa shape index (κ1) is 12.0. The maximum Gasteiger partial charge on any atom is 0.165 e. The van der Waals surface area contributed by atoms with E-state index in [-0.39, 0.29) is 0 Å². The average Bonchev–Trinajstić information content (AvgIpc) is 2.15. The van der Waals surface area contributed by atoms with E-state index in [0.29, 0.717) is 5.69 Å². The molecule has 2 N–H and O–H groups in total. The summed E-state index contributed by atoms with van der Waals surface area (Å²) in [6.45, 7) is 4.00. The van der Waals surface area contributed by atoms with Crippen molar-refractivity contribution in [3.8, 4) is 0 Å².